The molecule has 0 radical (unpaired) electrons. The van der Waals surface area contributed by atoms with E-state index in [-0.39, 0.29) is 30.7 Å². The number of nitrogens with one attached hydrogen (secondary N) is 1. The van der Waals surface area contributed by atoms with Crippen molar-refractivity contribution >= 4 is 17.8 Å². The number of amides is 2. The number of nitrogens with zero attached hydrogens (tertiary/aromatic N) is 1. The number of carbonyl (C=O) groups is 3. The number of hydrogen-bond acceptors (Lipinski definition) is 3. The van der Waals surface area contributed by atoms with Gasteiger partial charge in [-0.3, -0.25) is 14.4 Å². The molecule has 0 aliphatic carbocycles. The van der Waals surface area contributed by atoms with Gasteiger partial charge >= 0.3 is 5.97 Å². The largest absolute Gasteiger partial charge is 0.481 e. The molecule has 0 spiro atoms. The third-order valence-corrected chi connectivity index (χ3v) is 4.41. The van der Waals surface area contributed by atoms with E-state index >= 15 is 0 Å². The molecule has 2 amide bonds. The zero-order valence-corrected chi connectivity index (χ0v) is 14.3. The van der Waals surface area contributed by atoms with E-state index in [1.165, 1.54) is 0 Å². The van der Waals surface area contributed by atoms with Crippen LogP contribution in [0.25, 0.3) is 0 Å². The average Bonchev–Trinajstić information content (AvgIpc) is 2.89. The van der Waals surface area contributed by atoms with Crippen molar-refractivity contribution in [2.75, 3.05) is 6.54 Å². The molecule has 2 atom stereocenters. The molecule has 2 N–H and O–H groups in total. The molecule has 0 aromatic heterocycles. The van der Waals surface area contributed by atoms with Crippen molar-refractivity contribution in [1.29, 1.82) is 0 Å². The number of carbonyl (C=O) groups excluding carboxylic acids is 2. The fourth-order valence-electron chi connectivity index (χ4n) is 3.09. The van der Waals surface area contributed by atoms with Gasteiger partial charge in [0, 0.05) is 19.0 Å². The van der Waals surface area contributed by atoms with Gasteiger partial charge in [0.05, 0.1) is 18.4 Å². The van der Waals surface area contributed by atoms with Gasteiger partial charge in [0.25, 0.3) is 0 Å². The van der Waals surface area contributed by atoms with Crippen LogP contribution in [-0.4, -0.2) is 40.4 Å². The van der Waals surface area contributed by atoms with E-state index < -0.39 is 17.9 Å². The van der Waals surface area contributed by atoms with Crippen molar-refractivity contribution in [2.24, 2.45) is 5.92 Å². The second kappa shape index (κ2) is 7.47. The van der Waals surface area contributed by atoms with Crippen molar-refractivity contribution in [3.05, 3.63) is 35.4 Å². The van der Waals surface area contributed by atoms with E-state index in [0.29, 0.717) is 6.54 Å². The van der Waals surface area contributed by atoms with Gasteiger partial charge in [0.2, 0.25) is 11.8 Å². The summed E-state index contributed by atoms with van der Waals surface area (Å²) >= 11 is 0. The smallest absolute Gasteiger partial charge is 0.305 e. The van der Waals surface area contributed by atoms with Crippen LogP contribution in [0.15, 0.2) is 24.3 Å². The van der Waals surface area contributed by atoms with Gasteiger partial charge in [-0.1, -0.05) is 24.3 Å². The van der Waals surface area contributed by atoms with E-state index in [4.69, 9.17) is 5.11 Å². The summed E-state index contributed by atoms with van der Waals surface area (Å²) in [6.07, 6.45) is -0.0112. The SMILES string of the molecule is Cc1ccccc1[C@H](CC(=O)O)NC(=O)[C@@H]1CC(=O)N(C(C)C)C1. The molecular weight excluding hydrogens is 308 g/mol. The van der Waals surface area contributed by atoms with Crippen LogP contribution >= 0.6 is 0 Å². The van der Waals surface area contributed by atoms with E-state index in [9.17, 15) is 14.4 Å². The highest BCUT2D eigenvalue weighted by atomic mass is 16.4. The second-order valence-corrected chi connectivity index (χ2v) is 6.56. The fourth-order valence-corrected chi connectivity index (χ4v) is 3.09. The third-order valence-electron chi connectivity index (χ3n) is 4.41. The Labute approximate surface area is 141 Å². The molecule has 1 aromatic carbocycles. The van der Waals surface area contributed by atoms with Crippen LogP contribution in [0.3, 0.4) is 0 Å². The molecule has 1 aromatic rings. The van der Waals surface area contributed by atoms with Crippen molar-refractivity contribution in [1.82, 2.24) is 10.2 Å². The number of carboxylic acids is 1. The third kappa shape index (κ3) is 4.13. The van der Waals surface area contributed by atoms with E-state index in [0.717, 1.165) is 11.1 Å². The van der Waals surface area contributed by atoms with Crippen LogP contribution in [0.2, 0.25) is 0 Å². The molecule has 1 saturated heterocycles. The summed E-state index contributed by atoms with van der Waals surface area (Å²) in [7, 11) is 0. The maximum atomic E-state index is 12.6. The predicted molar refractivity (Wildman–Crippen MR) is 89.3 cm³/mol. The first-order valence-electron chi connectivity index (χ1n) is 8.16. The Morgan fingerprint density at radius 1 is 1.33 bits per heavy atom. The zero-order valence-electron chi connectivity index (χ0n) is 14.3. The van der Waals surface area contributed by atoms with Gasteiger partial charge in [-0.25, -0.2) is 0 Å². The Bertz CT molecular complexity index is 642. The molecule has 0 saturated carbocycles. The summed E-state index contributed by atoms with van der Waals surface area (Å²) in [5.74, 6) is -1.70. The molecule has 1 aliphatic heterocycles. The summed E-state index contributed by atoms with van der Waals surface area (Å²) in [6, 6.07) is 6.86. The first kappa shape index (κ1) is 18.0. The fraction of sp³-hybridized carbons (Fsp3) is 0.500. The minimum Gasteiger partial charge on any atom is -0.481 e. The van der Waals surface area contributed by atoms with Crippen molar-refractivity contribution in [2.45, 2.75) is 45.7 Å². The lowest BCUT2D eigenvalue weighted by molar-refractivity contribution is -0.138. The standard InChI is InChI=1S/C18H24N2O4/c1-11(2)20-10-13(8-16(20)21)18(24)19-15(9-17(22)23)14-7-5-4-6-12(14)3/h4-7,11,13,15H,8-10H2,1-3H3,(H,19,24)(H,22,23)/t13-,15+/m1/s1. The molecule has 0 bridgehead atoms. The molecule has 1 aliphatic rings. The molecule has 6 nitrogen and oxygen atoms in total. The molecule has 2 rings (SSSR count). The van der Waals surface area contributed by atoms with Gasteiger partial charge in [-0.15, -0.1) is 0 Å². The first-order chi connectivity index (χ1) is 11.3. The van der Waals surface area contributed by atoms with Crippen LogP contribution in [0, 0.1) is 12.8 Å². The molecular formula is C18H24N2O4. The van der Waals surface area contributed by atoms with Crippen LogP contribution < -0.4 is 5.32 Å². The molecule has 1 fully saturated rings. The van der Waals surface area contributed by atoms with Gasteiger partial charge in [-0.05, 0) is 31.9 Å². The summed E-state index contributed by atoms with van der Waals surface area (Å²) in [6.45, 7) is 6.10. The topological polar surface area (TPSA) is 86.7 Å². The highest BCUT2D eigenvalue weighted by molar-refractivity contribution is 5.89. The number of likely N-dealkylation sites (tertiary alicyclic amines) is 1. The van der Waals surface area contributed by atoms with Gasteiger partial charge in [0.15, 0.2) is 0 Å². The summed E-state index contributed by atoms with van der Waals surface area (Å²) in [5, 5.41) is 12.0. The zero-order chi connectivity index (χ0) is 17.9. The van der Waals surface area contributed by atoms with Crippen molar-refractivity contribution < 1.29 is 19.5 Å². The van der Waals surface area contributed by atoms with Crippen LogP contribution in [-0.2, 0) is 14.4 Å². The number of benzene rings is 1. The van der Waals surface area contributed by atoms with Crippen LogP contribution in [0.4, 0.5) is 0 Å². The normalized spacial score (nSPS) is 18.8. The predicted octanol–water partition coefficient (Wildman–Crippen LogP) is 1.88. The second-order valence-electron chi connectivity index (χ2n) is 6.56. The minimum atomic E-state index is -0.977. The van der Waals surface area contributed by atoms with Gasteiger partial charge in [0.1, 0.15) is 0 Å². The van der Waals surface area contributed by atoms with E-state index in [2.05, 4.69) is 5.32 Å². The lowest BCUT2D eigenvalue weighted by Gasteiger charge is -2.23. The molecule has 24 heavy (non-hydrogen) atoms. The van der Waals surface area contributed by atoms with Gasteiger partial charge in [-0.2, -0.15) is 0 Å². The monoisotopic (exact) mass is 332 g/mol. The summed E-state index contributed by atoms with van der Waals surface area (Å²) in [4.78, 5) is 37.4. The Kier molecular flexibility index (Phi) is 5.59. The Morgan fingerprint density at radius 3 is 2.54 bits per heavy atom. The van der Waals surface area contributed by atoms with E-state index in [1.54, 1.807) is 4.90 Å². The quantitative estimate of drug-likeness (QED) is 0.833. The maximum absolute atomic E-state index is 12.6. The Balaban J connectivity index is 2.13. The maximum Gasteiger partial charge on any atom is 0.305 e. The Hall–Kier alpha value is -2.37. The average molecular weight is 332 g/mol. The van der Waals surface area contributed by atoms with E-state index in [1.807, 2.05) is 45.0 Å². The molecule has 1 heterocycles. The molecule has 130 valence electrons. The lowest BCUT2D eigenvalue weighted by atomic mass is 9.97. The van der Waals surface area contributed by atoms with Crippen molar-refractivity contribution in [3.8, 4) is 0 Å². The van der Waals surface area contributed by atoms with Crippen molar-refractivity contribution in [3.63, 3.8) is 0 Å². The number of aryl methyl sites for hydroxylation is 1. The highest BCUT2D eigenvalue weighted by Crippen LogP contribution is 2.24. The van der Waals surface area contributed by atoms with Gasteiger partial charge < -0.3 is 15.3 Å². The van der Waals surface area contributed by atoms with Crippen LogP contribution in [0.5, 0.6) is 0 Å². The molecule has 6 heteroatoms. The van der Waals surface area contributed by atoms with Crippen LogP contribution in [0.1, 0.15) is 43.9 Å². The number of aliphatic carboxylic acids is 1. The molecule has 0 unspecified atom stereocenters. The first-order valence-corrected chi connectivity index (χ1v) is 8.16. The minimum absolute atomic E-state index is 0.0316. The highest BCUT2D eigenvalue weighted by Gasteiger charge is 2.36. The lowest BCUT2D eigenvalue weighted by Crippen LogP contribution is -2.37. The summed E-state index contributed by atoms with van der Waals surface area (Å²) < 4.78 is 0. The number of carboxylic acid groups (broad SMARTS) is 1. The Morgan fingerprint density at radius 2 is 2.00 bits per heavy atom. The number of rotatable bonds is 6. The number of hydrogen-bond donors (Lipinski definition) is 2. The summed E-state index contributed by atoms with van der Waals surface area (Å²) in [5.41, 5.74) is 1.72.